The number of aliphatic hydroxyl groups excluding tert-OH is 1. The van der Waals surface area contributed by atoms with E-state index in [0.29, 0.717) is 6.54 Å². The van der Waals surface area contributed by atoms with Crippen LogP contribution < -0.4 is 5.73 Å². The standard InChI is InChI=1S/C16H25N2O/c1-2-16(8-10-17)9-11-18(13-15(16)19)12-14-6-4-3-5-7-14/h3-7,15,19H,1-2,8-13,17H2. The summed E-state index contributed by atoms with van der Waals surface area (Å²) < 4.78 is 0. The summed E-state index contributed by atoms with van der Waals surface area (Å²) in [6.45, 7) is 7.31. The van der Waals surface area contributed by atoms with Crippen LogP contribution in [0, 0.1) is 12.3 Å². The number of rotatable bonds is 5. The Hall–Kier alpha value is -0.900. The van der Waals surface area contributed by atoms with Crippen LogP contribution in [-0.4, -0.2) is 35.7 Å². The minimum atomic E-state index is -0.314. The average molecular weight is 261 g/mol. The van der Waals surface area contributed by atoms with Gasteiger partial charge >= 0.3 is 0 Å². The Morgan fingerprint density at radius 2 is 2.11 bits per heavy atom. The zero-order valence-electron chi connectivity index (χ0n) is 11.6. The molecule has 3 nitrogen and oxygen atoms in total. The van der Waals surface area contributed by atoms with Crippen LogP contribution in [0.1, 0.15) is 24.8 Å². The Labute approximate surface area is 116 Å². The van der Waals surface area contributed by atoms with Crippen molar-refractivity contribution >= 4 is 0 Å². The largest absolute Gasteiger partial charge is 0.391 e. The van der Waals surface area contributed by atoms with Crippen LogP contribution in [0.4, 0.5) is 0 Å². The van der Waals surface area contributed by atoms with E-state index in [2.05, 4.69) is 36.1 Å². The molecule has 105 valence electrons. The second-order valence-corrected chi connectivity index (χ2v) is 5.64. The highest BCUT2D eigenvalue weighted by Gasteiger charge is 2.39. The lowest BCUT2D eigenvalue weighted by atomic mass is 9.71. The van der Waals surface area contributed by atoms with E-state index in [1.54, 1.807) is 0 Å². The molecule has 1 aromatic rings. The lowest BCUT2D eigenvalue weighted by Gasteiger charge is -2.45. The van der Waals surface area contributed by atoms with Crippen LogP contribution >= 0.6 is 0 Å². The van der Waals surface area contributed by atoms with Crippen LogP contribution in [0.5, 0.6) is 0 Å². The fourth-order valence-corrected chi connectivity index (χ4v) is 3.06. The van der Waals surface area contributed by atoms with Gasteiger partial charge in [-0.3, -0.25) is 4.90 Å². The molecule has 1 radical (unpaired) electrons. The van der Waals surface area contributed by atoms with Gasteiger partial charge in [0.1, 0.15) is 0 Å². The maximum atomic E-state index is 10.5. The molecule has 3 N–H and O–H groups in total. The number of hydrogen-bond donors (Lipinski definition) is 2. The molecular formula is C16H25N2O. The number of aliphatic hydroxyl groups is 1. The first kappa shape index (κ1) is 14.5. The van der Waals surface area contributed by atoms with Gasteiger partial charge in [-0.15, -0.1) is 0 Å². The molecule has 0 amide bonds. The third-order valence-corrected chi connectivity index (χ3v) is 4.45. The summed E-state index contributed by atoms with van der Waals surface area (Å²) in [7, 11) is 0. The normalized spacial score (nSPS) is 28.5. The van der Waals surface area contributed by atoms with Crippen molar-refractivity contribution in [2.24, 2.45) is 11.1 Å². The van der Waals surface area contributed by atoms with E-state index >= 15 is 0 Å². The van der Waals surface area contributed by atoms with Crippen molar-refractivity contribution in [3.63, 3.8) is 0 Å². The molecule has 0 bridgehead atoms. The summed E-state index contributed by atoms with van der Waals surface area (Å²) in [5.41, 5.74) is 6.92. The number of nitrogens with zero attached hydrogens (tertiary/aromatic N) is 1. The number of benzene rings is 1. The Bertz CT molecular complexity index is 382. The molecule has 2 atom stereocenters. The van der Waals surface area contributed by atoms with E-state index in [1.165, 1.54) is 5.56 Å². The van der Waals surface area contributed by atoms with Crippen molar-refractivity contribution < 1.29 is 5.11 Å². The van der Waals surface area contributed by atoms with E-state index in [1.807, 2.05) is 6.07 Å². The molecular weight excluding hydrogens is 236 g/mol. The molecule has 1 fully saturated rings. The van der Waals surface area contributed by atoms with E-state index < -0.39 is 0 Å². The first-order valence-electron chi connectivity index (χ1n) is 7.14. The monoisotopic (exact) mass is 261 g/mol. The van der Waals surface area contributed by atoms with Gasteiger partial charge in [-0.2, -0.15) is 0 Å². The molecule has 1 heterocycles. The summed E-state index contributed by atoms with van der Waals surface area (Å²) in [6.07, 6.45) is 2.31. The Morgan fingerprint density at radius 3 is 2.68 bits per heavy atom. The number of β-amino-alcohol motifs (C(OH)–C–C–N with tert-alkyl or cyclic N) is 1. The highest BCUT2D eigenvalue weighted by molar-refractivity contribution is 5.14. The van der Waals surface area contributed by atoms with Gasteiger partial charge in [0.05, 0.1) is 6.10 Å². The maximum absolute atomic E-state index is 10.5. The van der Waals surface area contributed by atoms with Gasteiger partial charge in [-0.1, -0.05) is 37.3 Å². The Balaban J connectivity index is 1.96. The van der Waals surface area contributed by atoms with Crippen LogP contribution in [0.3, 0.4) is 0 Å². The SMILES string of the molecule is [CH2]CC1(CCN)CCN(Cc2ccccc2)CC1O. The predicted octanol–water partition coefficient (Wildman–Crippen LogP) is 1.81. The lowest BCUT2D eigenvalue weighted by molar-refractivity contribution is -0.0507. The van der Waals surface area contributed by atoms with Crippen molar-refractivity contribution in [1.29, 1.82) is 0 Å². The van der Waals surface area contributed by atoms with Gasteiger partial charge in [0.2, 0.25) is 0 Å². The fourth-order valence-electron chi connectivity index (χ4n) is 3.06. The predicted molar refractivity (Wildman–Crippen MR) is 78.4 cm³/mol. The van der Waals surface area contributed by atoms with Crippen LogP contribution in [-0.2, 0) is 6.54 Å². The molecule has 2 rings (SSSR count). The van der Waals surface area contributed by atoms with Gasteiger partial charge in [0, 0.05) is 13.1 Å². The molecule has 0 aliphatic carbocycles. The molecule has 1 aliphatic rings. The summed E-state index contributed by atoms with van der Waals surface area (Å²) in [6, 6.07) is 10.4. The molecule has 0 saturated carbocycles. The molecule has 0 spiro atoms. The molecule has 1 aromatic carbocycles. The lowest BCUT2D eigenvalue weighted by Crippen LogP contribution is -2.51. The zero-order chi connectivity index (χ0) is 13.7. The first-order valence-corrected chi connectivity index (χ1v) is 7.14. The van der Waals surface area contributed by atoms with Crippen molar-refractivity contribution in [3.05, 3.63) is 42.8 Å². The smallest absolute Gasteiger partial charge is 0.0724 e. The van der Waals surface area contributed by atoms with Gasteiger partial charge < -0.3 is 10.8 Å². The molecule has 1 saturated heterocycles. The number of piperidine rings is 1. The third-order valence-electron chi connectivity index (χ3n) is 4.45. The number of hydrogen-bond acceptors (Lipinski definition) is 3. The van der Waals surface area contributed by atoms with Crippen molar-refractivity contribution in [2.45, 2.75) is 31.9 Å². The fraction of sp³-hybridized carbons (Fsp3) is 0.562. The van der Waals surface area contributed by atoms with Gasteiger partial charge in [-0.05, 0) is 43.3 Å². The number of likely N-dealkylation sites (tertiary alicyclic amines) is 1. The minimum Gasteiger partial charge on any atom is -0.391 e. The van der Waals surface area contributed by atoms with Crippen molar-refractivity contribution in [3.8, 4) is 0 Å². The first-order chi connectivity index (χ1) is 9.20. The van der Waals surface area contributed by atoms with Gasteiger partial charge in [-0.25, -0.2) is 0 Å². The summed E-state index contributed by atoms with van der Waals surface area (Å²) in [5, 5.41) is 10.5. The van der Waals surface area contributed by atoms with E-state index in [-0.39, 0.29) is 11.5 Å². The highest BCUT2D eigenvalue weighted by Crippen LogP contribution is 2.38. The third kappa shape index (κ3) is 3.35. The average Bonchev–Trinajstić information content (AvgIpc) is 2.43. The van der Waals surface area contributed by atoms with Crippen LogP contribution in [0.15, 0.2) is 30.3 Å². The molecule has 2 unspecified atom stereocenters. The van der Waals surface area contributed by atoms with E-state index in [0.717, 1.165) is 38.9 Å². The molecule has 1 aliphatic heterocycles. The Morgan fingerprint density at radius 1 is 1.37 bits per heavy atom. The van der Waals surface area contributed by atoms with E-state index in [9.17, 15) is 5.11 Å². The minimum absolute atomic E-state index is 0.0675. The summed E-state index contributed by atoms with van der Waals surface area (Å²) in [4.78, 5) is 2.32. The topological polar surface area (TPSA) is 49.5 Å². The van der Waals surface area contributed by atoms with Crippen molar-refractivity contribution in [2.75, 3.05) is 19.6 Å². The second kappa shape index (κ2) is 6.51. The van der Waals surface area contributed by atoms with Crippen LogP contribution in [0.25, 0.3) is 0 Å². The molecule has 0 aromatic heterocycles. The highest BCUT2D eigenvalue weighted by atomic mass is 16.3. The second-order valence-electron chi connectivity index (χ2n) is 5.64. The number of nitrogens with two attached hydrogens (primary N) is 1. The Kier molecular flexibility index (Phi) is 4.97. The van der Waals surface area contributed by atoms with E-state index in [4.69, 9.17) is 5.73 Å². The van der Waals surface area contributed by atoms with Crippen LogP contribution in [0.2, 0.25) is 0 Å². The summed E-state index contributed by atoms with van der Waals surface area (Å²) >= 11 is 0. The zero-order valence-corrected chi connectivity index (χ0v) is 11.6. The molecule has 19 heavy (non-hydrogen) atoms. The van der Waals surface area contributed by atoms with Gasteiger partial charge in [0.15, 0.2) is 0 Å². The van der Waals surface area contributed by atoms with Gasteiger partial charge in [0.25, 0.3) is 0 Å². The maximum Gasteiger partial charge on any atom is 0.0724 e. The molecule has 3 heteroatoms. The van der Waals surface area contributed by atoms with Crippen molar-refractivity contribution in [1.82, 2.24) is 4.90 Å². The quantitative estimate of drug-likeness (QED) is 0.850. The summed E-state index contributed by atoms with van der Waals surface area (Å²) in [5.74, 6) is 0.